The molecule has 19 heavy (non-hydrogen) atoms. The minimum atomic E-state index is 0.0115. The number of hydrogen-bond acceptors (Lipinski definition) is 3. The molecule has 1 amide bonds. The third-order valence-electron chi connectivity index (χ3n) is 3.85. The molecule has 1 heterocycles. The second-order valence-corrected chi connectivity index (χ2v) is 5.95. The highest BCUT2D eigenvalue weighted by atomic mass is 16.2. The van der Waals surface area contributed by atoms with E-state index < -0.39 is 0 Å². The highest BCUT2D eigenvalue weighted by Crippen LogP contribution is 2.34. The Bertz CT molecular complexity index is 434. The monoisotopic (exact) mass is 262 g/mol. The second-order valence-electron chi connectivity index (χ2n) is 5.95. The molecule has 0 saturated heterocycles. The molecule has 2 saturated carbocycles. The number of amides is 1. The van der Waals surface area contributed by atoms with Crippen LogP contribution in [-0.2, 0) is 6.42 Å². The first-order valence-corrected chi connectivity index (χ1v) is 7.46. The SMILES string of the molecule is CCCc1nc(C(=O)N(CC2CC2)CC2CC2)n[nH]1. The van der Waals surface area contributed by atoms with Crippen molar-refractivity contribution < 1.29 is 4.79 Å². The lowest BCUT2D eigenvalue weighted by atomic mass is 10.3. The first-order chi connectivity index (χ1) is 9.26. The van der Waals surface area contributed by atoms with Gasteiger partial charge in [-0.2, -0.15) is 0 Å². The fourth-order valence-electron chi connectivity index (χ4n) is 2.35. The number of nitrogens with zero attached hydrogens (tertiary/aromatic N) is 3. The Morgan fingerprint density at radius 1 is 1.26 bits per heavy atom. The Morgan fingerprint density at radius 3 is 2.42 bits per heavy atom. The van der Waals surface area contributed by atoms with Crippen molar-refractivity contribution in [1.29, 1.82) is 0 Å². The zero-order valence-corrected chi connectivity index (χ0v) is 11.6. The molecule has 0 unspecified atom stereocenters. The van der Waals surface area contributed by atoms with Crippen molar-refractivity contribution in [2.75, 3.05) is 13.1 Å². The molecule has 2 aliphatic carbocycles. The Kier molecular flexibility index (Phi) is 3.53. The summed E-state index contributed by atoms with van der Waals surface area (Å²) in [4.78, 5) is 18.8. The molecule has 0 spiro atoms. The summed E-state index contributed by atoms with van der Waals surface area (Å²) in [5, 5.41) is 6.96. The Labute approximate surface area is 113 Å². The fourth-order valence-corrected chi connectivity index (χ4v) is 2.35. The minimum Gasteiger partial charge on any atom is -0.335 e. The number of aryl methyl sites for hydroxylation is 1. The van der Waals surface area contributed by atoms with Gasteiger partial charge in [-0.25, -0.2) is 4.98 Å². The molecule has 1 aromatic heterocycles. The van der Waals surface area contributed by atoms with Crippen molar-refractivity contribution in [2.24, 2.45) is 11.8 Å². The summed E-state index contributed by atoms with van der Waals surface area (Å²) in [5.41, 5.74) is 0. The van der Waals surface area contributed by atoms with E-state index in [1.54, 1.807) is 0 Å². The van der Waals surface area contributed by atoms with Crippen molar-refractivity contribution in [2.45, 2.75) is 45.4 Å². The molecule has 104 valence electrons. The summed E-state index contributed by atoms with van der Waals surface area (Å²) in [5.74, 6) is 2.62. The van der Waals surface area contributed by atoms with E-state index >= 15 is 0 Å². The van der Waals surface area contributed by atoms with Crippen LogP contribution in [0.3, 0.4) is 0 Å². The van der Waals surface area contributed by atoms with Gasteiger partial charge < -0.3 is 4.90 Å². The van der Waals surface area contributed by atoms with Crippen LogP contribution in [-0.4, -0.2) is 39.1 Å². The highest BCUT2D eigenvalue weighted by molar-refractivity contribution is 5.90. The molecule has 0 atom stereocenters. The molecule has 5 nitrogen and oxygen atoms in total. The Morgan fingerprint density at radius 2 is 1.89 bits per heavy atom. The number of aromatic nitrogens is 3. The molecule has 0 bridgehead atoms. The first-order valence-electron chi connectivity index (χ1n) is 7.46. The molecule has 5 heteroatoms. The Hall–Kier alpha value is -1.39. The van der Waals surface area contributed by atoms with Gasteiger partial charge >= 0.3 is 0 Å². The molecular formula is C14H22N4O. The van der Waals surface area contributed by atoms with Crippen LogP contribution in [0.4, 0.5) is 0 Å². The third kappa shape index (κ3) is 3.33. The lowest BCUT2D eigenvalue weighted by molar-refractivity contribution is 0.0727. The summed E-state index contributed by atoms with van der Waals surface area (Å²) < 4.78 is 0. The number of hydrogen-bond donors (Lipinski definition) is 1. The number of nitrogens with one attached hydrogen (secondary N) is 1. The number of carbonyl (C=O) groups is 1. The van der Waals surface area contributed by atoms with Crippen LogP contribution in [0.1, 0.15) is 55.5 Å². The summed E-state index contributed by atoms with van der Waals surface area (Å²) in [6.45, 7) is 3.89. The maximum atomic E-state index is 12.5. The molecule has 2 aliphatic rings. The quantitative estimate of drug-likeness (QED) is 0.817. The minimum absolute atomic E-state index is 0.0115. The van der Waals surface area contributed by atoms with Crippen molar-refractivity contribution in [3.05, 3.63) is 11.6 Å². The van der Waals surface area contributed by atoms with Gasteiger partial charge in [0.15, 0.2) is 0 Å². The van der Waals surface area contributed by atoms with Crippen LogP contribution in [0.15, 0.2) is 0 Å². The van der Waals surface area contributed by atoms with Gasteiger partial charge in [0.05, 0.1) is 0 Å². The van der Waals surface area contributed by atoms with Gasteiger partial charge in [0.1, 0.15) is 5.82 Å². The number of carbonyl (C=O) groups excluding carboxylic acids is 1. The average molecular weight is 262 g/mol. The summed E-state index contributed by atoms with van der Waals surface area (Å²) in [6.07, 6.45) is 6.93. The average Bonchev–Trinajstić information content (AvgIpc) is 3.31. The normalized spacial score (nSPS) is 18.6. The van der Waals surface area contributed by atoms with E-state index in [2.05, 4.69) is 22.1 Å². The molecule has 2 fully saturated rings. The van der Waals surface area contributed by atoms with Crippen molar-refractivity contribution in [1.82, 2.24) is 20.1 Å². The van der Waals surface area contributed by atoms with Crippen molar-refractivity contribution >= 4 is 5.91 Å². The zero-order chi connectivity index (χ0) is 13.2. The van der Waals surface area contributed by atoms with Crippen molar-refractivity contribution in [3.63, 3.8) is 0 Å². The number of rotatable bonds is 7. The van der Waals surface area contributed by atoms with Gasteiger partial charge in [0.25, 0.3) is 5.91 Å². The lowest BCUT2D eigenvalue weighted by Crippen LogP contribution is -2.35. The third-order valence-corrected chi connectivity index (χ3v) is 3.85. The molecule has 1 aromatic rings. The van der Waals surface area contributed by atoms with Crippen LogP contribution >= 0.6 is 0 Å². The summed E-state index contributed by atoms with van der Waals surface area (Å²) in [6, 6.07) is 0. The van der Waals surface area contributed by atoms with E-state index in [1.807, 2.05) is 4.90 Å². The van der Waals surface area contributed by atoms with E-state index in [0.717, 1.165) is 43.6 Å². The molecule has 3 rings (SSSR count). The van der Waals surface area contributed by atoms with E-state index in [0.29, 0.717) is 5.82 Å². The topological polar surface area (TPSA) is 61.9 Å². The summed E-state index contributed by atoms with van der Waals surface area (Å²) >= 11 is 0. The van der Waals surface area contributed by atoms with Crippen molar-refractivity contribution in [3.8, 4) is 0 Å². The second kappa shape index (κ2) is 5.31. The molecule has 0 aliphatic heterocycles. The standard InChI is InChI=1S/C14H22N4O/c1-2-3-12-15-13(17-16-12)14(19)18(8-10-4-5-10)9-11-6-7-11/h10-11H,2-9H2,1H3,(H,15,16,17). The van der Waals surface area contributed by atoms with Crippen LogP contribution in [0.25, 0.3) is 0 Å². The Balaban J connectivity index is 1.65. The number of aromatic amines is 1. The van der Waals surface area contributed by atoms with Gasteiger partial charge in [-0.15, -0.1) is 5.10 Å². The summed E-state index contributed by atoms with van der Waals surface area (Å²) in [7, 11) is 0. The maximum absolute atomic E-state index is 12.5. The van der Waals surface area contributed by atoms with Crippen LogP contribution in [0.2, 0.25) is 0 Å². The molecule has 1 N–H and O–H groups in total. The predicted molar refractivity (Wildman–Crippen MR) is 71.7 cm³/mol. The van der Waals surface area contributed by atoms with Crippen LogP contribution in [0.5, 0.6) is 0 Å². The molecule has 0 aromatic carbocycles. The zero-order valence-electron chi connectivity index (χ0n) is 11.6. The van der Waals surface area contributed by atoms with Gasteiger partial charge in [0.2, 0.25) is 5.82 Å². The van der Waals surface area contributed by atoms with E-state index in [9.17, 15) is 4.79 Å². The van der Waals surface area contributed by atoms with E-state index in [4.69, 9.17) is 0 Å². The fraction of sp³-hybridized carbons (Fsp3) is 0.786. The maximum Gasteiger partial charge on any atom is 0.293 e. The lowest BCUT2D eigenvalue weighted by Gasteiger charge is -2.20. The van der Waals surface area contributed by atoms with Gasteiger partial charge in [0, 0.05) is 19.5 Å². The van der Waals surface area contributed by atoms with Gasteiger partial charge in [-0.3, -0.25) is 9.89 Å². The smallest absolute Gasteiger partial charge is 0.293 e. The molecule has 0 radical (unpaired) electrons. The van der Waals surface area contributed by atoms with Crippen LogP contribution < -0.4 is 0 Å². The molecular weight excluding hydrogens is 240 g/mol. The van der Waals surface area contributed by atoms with E-state index in [-0.39, 0.29) is 5.91 Å². The highest BCUT2D eigenvalue weighted by Gasteiger charge is 2.33. The number of H-pyrrole nitrogens is 1. The van der Waals surface area contributed by atoms with Gasteiger partial charge in [-0.05, 0) is 43.9 Å². The predicted octanol–water partition coefficient (Wildman–Crippen LogP) is 2.02. The van der Waals surface area contributed by atoms with E-state index in [1.165, 1.54) is 25.7 Å². The first kappa shape index (κ1) is 12.6. The van der Waals surface area contributed by atoms with Gasteiger partial charge in [-0.1, -0.05) is 6.92 Å². The largest absolute Gasteiger partial charge is 0.335 e. The van der Waals surface area contributed by atoms with Crippen LogP contribution in [0, 0.1) is 11.8 Å².